The summed E-state index contributed by atoms with van der Waals surface area (Å²) in [7, 11) is -1.24. The van der Waals surface area contributed by atoms with Gasteiger partial charge in [-0.1, -0.05) is 11.6 Å². The third-order valence-corrected chi connectivity index (χ3v) is 7.20. The van der Waals surface area contributed by atoms with E-state index in [1.165, 1.54) is 31.3 Å². The van der Waals surface area contributed by atoms with Crippen LogP contribution in [0, 0.1) is 0 Å². The van der Waals surface area contributed by atoms with Crippen LogP contribution >= 0.6 is 24.0 Å². The second-order valence-corrected chi connectivity index (χ2v) is 9.58. The fourth-order valence-corrected chi connectivity index (χ4v) is 4.49. The van der Waals surface area contributed by atoms with Crippen LogP contribution in [0.1, 0.15) is 46.0 Å². The van der Waals surface area contributed by atoms with E-state index in [9.17, 15) is 8.42 Å². The zero-order chi connectivity index (χ0) is 16.2. The number of halogens is 1. The van der Waals surface area contributed by atoms with E-state index in [2.05, 4.69) is 21.3 Å². The van der Waals surface area contributed by atoms with E-state index < -0.39 is 14.6 Å². The maximum Gasteiger partial charge on any atom is 0.193 e. The lowest BCUT2D eigenvalue weighted by Gasteiger charge is -2.39. The summed E-state index contributed by atoms with van der Waals surface area (Å²) in [6.45, 7) is 5.48. The molecule has 134 valence electrons. The molecule has 0 aromatic rings. The molecule has 5 nitrogen and oxygen atoms in total. The fraction of sp³-hybridized carbons (Fsp3) is 0.812. The summed E-state index contributed by atoms with van der Waals surface area (Å²) in [4.78, 5) is 6.39. The first-order chi connectivity index (χ1) is 10.4. The van der Waals surface area contributed by atoms with Gasteiger partial charge in [-0.15, -0.1) is 24.0 Å². The van der Waals surface area contributed by atoms with Crippen molar-refractivity contribution < 1.29 is 8.42 Å². The zero-order valence-electron chi connectivity index (χ0n) is 14.5. The summed E-state index contributed by atoms with van der Waals surface area (Å²) in [6, 6.07) is 0. The molecule has 1 N–H and O–H groups in total. The minimum atomic E-state index is -3.01. The molecule has 23 heavy (non-hydrogen) atoms. The molecule has 2 rings (SSSR count). The van der Waals surface area contributed by atoms with Gasteiger partial charge in [0.25, 0.3) is 0 Å². The number of guanidine groups is 1. The highest BCUT2D eigenvalue weighted by atomic mass is 127. The van der Waals surface area contributed by atoms with E-state index in [1.54, 1.807) is 20.9 Å². The number of sulfone groups is 1. The number of rotatable bonds is 3. The first-order valence-corrected chi connectivity index (χ1v) is 9.87. The molecular weight excluding hydrogens is 425 g/mol. The number of nitrogens with zero attached hydrogens (tertiary/aromatic N) is 2. The van der Waals surface area contributed by atoms with Crippen LogP contribution in [0.3, 0.4) is 0 Å². The molecule has 0 amide bonds. The van der Waals surface area contributed by atoms with Crippen molar-refractivity contribution in [1.29, 1.82) is 0 Å². The third kappa shape index (κ3) is 5.34. The van der Waals surface area contributed by atoms with E-state index in [1.807, 2.05) is 0 Å². The van der Waals surface area contributed by atoms with Gasteiger partial charge in [0.05, 0.1) is 10.5 Å². The van der Waals surface area contributed by atoms with Crippen LogP contribution in [-0.2, 0) is 9.84 Å². The second kappa shape index (κ2) is 8.69. The molecule has 1 fully saturated rings. The van der Waals surface area contributed by atoms with Crippen molar-refractivity contribution in [2.45, 2.75) is 50.7 Å². The topological polar surface area (TPSA) is 61.8 Å². The second-order valence-electron chi connectivity index (χ2n) is 6.83. The molecule has 7 heteroatoms. The number of hydrogen-bond donors (Lipinski definition) is 1. The average molecular weight is 455 g/mol. The lowest BCUT2D eigenvalue weighted by atomic mass is 9.97. The van der Waals surface area contributed by atoms with E-state index >= 15 is 0 Å². The van der Waals surface area contributed by atoms with Crippen LogP contribution in [0.15, 0.2) is 16.6 Å². The quantitative estimate of drug-likeness (QED) is 0.308. The zero-order valence-corrected chi connectivity index (χ0v) is 17.6. The van der Waals surface area contributed by atoms with Gasteiger partial charge in [-0.05, 0) is 46.0 Å². The van der Waals surface area contributed by atoms with Crippen LogP contribution in [0.4, 0.5) is 0 Å². The lowest BCUT2D eigenvalue weighted by molar-refractivity contribution is 0.353. The molecule has 0 atom stereocenters. The molecule has 0 unspecified atom stereocenters. The highest BCUT2D eigenvalue weighted by molar-refractivity contribution is 14.0. The summed E-state index contributed by atoms with van der Waals surface area (Å²) >= 11 is 0. The van der Waals surface area contributed by atoms with Crippen LogP contribution < -0.4 is 5.32 Å². The van der Waals surface area contributed by atoms with Gasteiger partial charge in [-0.3, -0.25) is 4.99 Å². The van der Waals surface area contributed by atoms with Crippen LogP contribution in [0.5, 0.6) is 0 Å². The van der Waals surface area contributed by atoms with Gasteiger partial charge in [-0.2, -0.15) is 0 Å². The maximum atomic E-state index is 12.1. The van der Waals surface area contributed by atoms with Crippen molar-refractivity contribution in [2.75, 3.05) is 32.4 Å². The third-order valence-electron chi connectivity index (χ3n) is 4.67. The molecule has 1 saturated heterocycles. The van der Waals surface area contributed by atoms with Crippen LogP contribution in [0.25, 0.3) is 0 Å². The monoisotopic (exact) mass is 455 g/mol. The van der Waals surface area contributed by atoms with E-state index in [0.717, 1.165) is 18.9 Å². The number of hydrogen-bond acceptors (Lipinski definition) is 3. The van der Waals surface area contributed by atoms with Gasteiger partial charge in [0.1, 0.15) is 0 Å². The molecule has 0 aromatic carbocycles. The molecule has 1 heterocycles. The Kier molecular flexibility index (Phi) is 7.83. The Bertz CT molecular complexity index is 556. The summed E-state index contributed by atoms with van der Waals surface area (Å²) < 4.78 is 23.5. The summed E-state index contributed by atoms with van der Waals surface area (Å²) in [5.41, 5.74) is 1.54. The van der Waals surface area contributed by atoms with E-state index in [0.29, 0.717) is 13.1 Å². The molecule has 0 spiro atoms. The molecule has 1 aliphatic carbocycles. The first kappa shape index (κ1) is 20.7. The van der Waals surface area contributed by atoms with Gasteiger partial charge < -0.3 is 10.2 Å². The average Bonchev–Trinajstić information content (AvgIpc) is 2.48. The Morgan fingerprint density at radius 2 is 2.13 bits per heavy atom. The molecule has 1 aliphatic heterocycles. The Morgan fingerprint density at radius 1 is 1.39 bits per heavy atom. The Labute approximate surface area is 157 Å². The number of nitrogens with one attached hydrogen (secondary N) is 1. The van der Waals surface area contributed by atoms with Crippen molar-refractivity contribution in [2.24, 2.45) is 4.99 Å². The lowest BCUT2D eigenvalue weighted by Crippen LogP contribution is -2.57. The fourth-order valence-electron chi connectivity index (χ4n) is 3.12. The van der Waals surface area contributed by atoms with Crippen molar-refractivity contribution in [3.8, 4) is 0 Å². The summed E-state index contributed by atoms with van der Waals surface area (Å²) in [5.74, 6) is 1.02. The normalized spacial score (nSPS) is 23.7. The van der Waals surface area contributed by atoms with Gasteiger partial charge in [-0.25, -0.2) is 8.42 Å². The molecule has 0 saturated carbocycles. The Morgan fingerprint density at radius 3 is 2.70 bits per heavy atom. The molecular formula is C16H30IN3O2S. The summed E-state index contributed by atoms with van der Waals surface area (Å²) in [5, 5.41) is 3.39. The van der Waals surface area contributed by atoms with E-state index in [4.69, 9.17) is 0 Å². The molecule has 2 aliphatic rings. The number of aliphatic imine (C=N–C) groups is 1. The predicted octanol–water partition coefficient (Wildman–Crippen LogP) is 2.58. The minimum absolute atomic E-state index is 0. The largest absolute Gasteiger partial charge is 0.356 e. The predicted molar refractivity (Wildman–Crippen MR) is 107 cm³/mol. The standard InChI is InChI=1S/C16H29N3O2S.HI/c1-16(2)13-19(11-12-22(16,20)21)15(17-3)18-10-9-14-7-5-4-6-8-14;/h7H,4-6,8-13H2,1-3H3,(H,17,18);1H. The van der Waals surface area contributed by atoms with Gasteiger partial charge in [0.15, 0.2) is 15.8 Å². The first-order valence-electron chi connectivity index (χ1n) is 8.21. The Hall–Kier alpha value is -0.310. The SMILES string of the molecule is CN=C(NCCC1=CCCCC1)N1CCS(=O)(=O)C(C)(C)C1.I. The van der Waals surface area contributed by atoms with Crippen molar-refractivity contribution in [3.05, 3.63) is 11.6 Å². The van der Waals surface area contributed by atoms with Crippen molar-refractivity contribution >= 4 is 39.8 Å². The Balaban J connectivity index is 0.00000264. The van der Waals surface area contributed by atoms with Gasteiger partial charge >= 0.3 is 0 Å². The van der Waals surface area contributed by atoms with Crippen molar-refractivity contribution in [1.82, 2.24) is 10.2 Å². The molecule has 0 aromatic heterocycles. The van der Waals surface area contributed by atoms with Crippen LogP contribution in [-0.4, -0.2) is 56.5 Å². The van der Waals surface area contributed by atoms with Crippen LogP contribution in [0.2, 0.25) is 0 Å². The van der Waals surface area contributed by atoms with Gasteiger partial charge in [0, 0.05) is 26.7 Å². The van der Waals surface area contributed by atoms with E-state index in [-0.39, 0.29) is 29.7 Å². The molecule has 0 bridgehead atoms. The molecule has 0 radical (unpaired) electrons. The number of allylic oxidation sites excluding steroid dienone is 1. The maximum absolute atomic E-state index is 12.1. The smallest absolute Gasteiger partial charge is 0.193 e. The summed E-state index contributed by atoms with van der Waals surface area (Å²) in [6.07, 6.45) is 8.46. The van der Waals surface area contributed by atoms with Gasteiger partial charge in [0.2, 0.25) is 0 Å². The van der Waals surface area contributed by atoms with Crippen molar-refractivity contribution in [3.63, 3.8) is 0 Å². The highest BCUT2D eigenvalue weighted by Gasteiger charge is 2.40. The minimum Gasteiger partial charge on any atom is -0.356 e. The highest BCUT2D eigenvalue weighted by Crippen LogP contribution is 2.24.